The van der Waals surface area contributed by atoms with Crippen LogP contribution in [0.25, 0.3) is 0 Å². The molecule has 0 aliphatic carbocycles. The number of hydrogen-bond donors (Lipinski definition) is 2. The number of carbonyl (C=O) groups is 1. The van der Waals surface area contributed by atoms with Gasteiger partial charge in [0.2, 0.25) is 0 Å². The first kappa shape index (κ1) is 13.7. The van der Waals surface area contributed by atoms with Gasteiger partial charge in [0.25, 0.3) is 0 Å². The number of aromatic hydroxyl groups is 1. The maximum atomic E-state index is 11.5. The van der Waals surface area contributed by atoms with Crippen LogP contribution in [0.4, 0.5) is 11.4 Å². The van der Waals surface area contributed by atoms with Gasteiger partial charge in [0.1, 0.15) is 11.5 Å². The van der Waals surface area contributed by atoms with Gasteiger partial charge < -0.3 is 19.9 Å². The highest BCUT2D eigenvalue weighted by Crippen LogP contribution is 2.28. The Hall–Kier alpha value is -2.69. The van der Waals surface area contributed by atoms with Crippen molar-refractivity contribution in [3.63, 3.8) is 0 Å². The van der Waals surface area contributed by atoms with Crippen molar-refractivity contribution in [3.05, 3.63) is 48.0 Å². The largest absolute Gasteiger partial charge is 0.506 e. The molecule has 2 N–H and O–H groups in total. The highest BCUT2D eigenvalue weighted by molar-refractivity contribution is 5.91. The average Bonchev–Trinajstić information content (AvgIpc) is 2.49. The molecule has 2 aromatic rings. The van der Waals surface area contributed by atoms with E-state index in [0.29, 0.717) is 11.3 Å². The van der Waals surface area contributed by atoms with E-state index in [1.54, 1.807) is 19.2 Å². The molecule has 0 fully saturated rings. The van der Waals surface area contributed by atoms with Crippen molar-refractivity contribution < 1.29 is 19.4 Å². The van der Waals surface area contributed by atoms with Gasteiger partial charge in [-0.05, 0) is 42.5 Å². The smallest absolute Gasteiger partial charge is 0.337 e. The second-order valence-electron chi connectivity index (χ2n) is 4.08. The fourth-order valence-corrected chi connectivity index (χ4v) is 1.71. The topological polar surface area (TPSA) is 67.8 Å². The summed E-state index contributed by atoms with van der Waals surface area (Å²) in [5, 5.41) is 12.8. The van der Waals surface area contributed by atoms with Crippen LogP contribution in [-0.4, -0.2) is 25.3 Å². The molecule has 0 saturated carbocycles. The quantitative estimate of drug-likeness (QED) is 0.662. The Balaban J connectivity index is 2.25. The van der Waals surface area contributed by atoms with Crippen LogP contribution < -0.4 is 10.1 Å². The van der Waals surface area contributed by atoms with Gasteiger partial charge >= 0.3 is 5.97 Å². The molecule has 0 bridgehead atoms. The monoisotopic (exact) mass is 273 g/mol. The molecule has 104 valence electrons. The summed E-state index contributed by atoms with van der Waals surface area (Å²) < 4.78 is 9.72. The molecule has 5 nitrogen and oxygen atoms in total. The molecule has 0 aliphatic heterocycles. The molecule has 2 aromatic carbocycles. The van der Waals surface area contributed by atoms with Gasteiger partial charge in [-0.3, -0.25) is 0 Å². The number of ether oxygens (including phenoxy) is 2. The van der Waals surface area contributed by atoms with Gasteiger partial charge in [-0.1, -0.05) is 0 Å². The summed E-state index contributed by atoms with van der Waals surface area (Å²) in [6, 6.07) is 11.7. The van der Waals surface area contributed by atoms with E-state index in [9.17, 15) is 9.90 Å². The first-order valence-corrected chi connectivity index (χ1v) is 5.96. The summed E-state index contributed by atoms with van der Waals surface area (Å²) in [7, 11) is 2.90. The van der Waals surface area contributed by atoms with Crippen molar-refractivity contribution in [2.75, 3.05) is 19.5 Å². The molecular weight excluding hydrogens is 258 g/mol. The van der Waals surface area contributed by atoms with Crippen LogP contribution in [-0.2, 0) is 4.74 Å². The summed E-state index contributed by atoms with van der Waals surface area (Å²) in [6.07, 6.45) is 0. The molecule has 0 heterocycles. The lowest BCUT2D eigenvalue weighted by Gasteiger charge is -2.10. The van der Waals surface area contributed by atoms with Crippen LogP contribution in [0.2, 0.25) is 0 Å². The van der Waals surface area contributed by atoms with Crippen LogP contribution in [0.15, 0.2) is 42.5 Å². The Morgan fingerprint density at radius 1 is 1.10 bits per heavy atom. The minimum absolute atomic E-state index is 0.0495. The summed E-state index contributed by atoms with van der Waals surface area (Å²) >= 11 is 0. The van der Waals surface area contributed by atoms with E-state index in [1.165, 1.54) is 25.3 Å². The third-order valence-electron chi connectivity index (χ3n) is 2.79. The van der Waals surface area contributed by atoms with Crippen LogP contribution in [0, 0.1) is 0 Å². The summed E-state index contributed by atoms with van der Waals surface area (Å²) in [5.74, 6) is 0.333. The minimum atomic E-state index is -0.456. The molecule has 0 saturated heterocycles. The Labute approximate surface area is 116 Å². The van der Waals surface area contributed by atoms with Gasteiger partial charge in [0.05, 0.1) is 25.5 Å². The molecule has 0 atom stereocenters. The van der Waals surface area contributed by atoms with Crippen LogP contribution in [0.3, 0.4) is 0 Å². The molecule has 2 rings (SSSR count). The van der Waals surface area contributed by atoms with E-state index < -0.39 is 5.97 Å². The predicted molar refractivity (Wildman–Crippen MR) is 75.7 cm³/mol. The molecule has 20 heavy (non-hydrogen) atoms. The van der Waals surface area contributed by atoms with E-state index in [-0.39, 0.29) is 5.75 Å². The zero-order chi connectivity index (χ0) is 14.5. The first-order chi connectivity index (χ1) is 9.63. The SMILES string of the molecule is COC(=O)c1ccc(O)c(Nc2ccc(OC)cc2)c1. The summed E-state index contributed by atoms with van der Waals surface area (Å²) in [5.41, 5.74) is 1.56. The van der Waals surface area contributed by atoms with E-state index >= 15 is 0 Å². The number of carbonyl (C=O) groups excluding carboxylic acids is 1. The number of phenolic OH excluding ortho intramolecular Hbond substituents is 1. The normalized spacial score (nSPS) is 9.90. The number of anilines is 2. The Morgan fingerprint density at radius 3 is 2.40 bits per heavy atom. The minimum Gasteiger partial charge on any atom is -0.506 e. The average molecular weight is 273 g/mol. The number of nitrogens with one attached hydrogen (secondary N) is 1. The molecule has 0 unspecified atom stereocenters. The van der Waals surface area contributed by atoms with Crippen molar-refractivity contribution in [1.29, 1.82) is 0 Å². The molecule has 0 aliphatic rings. The van der Waals surface area contributed by atoms with Gasteiger partial charge in [-0.15, -0.1) is 0 Å². The van der Waals surface area contributed by atoms with Crippen molar-refractivity contribution >= 4 is 17.3 Å². The standard InChI is InChI=1S/C15H15NO4/c1-19-12-6-4-11(5-7-12)16-13-9-10(15(18)20-2)3-8-14(13)17/h3-9,16-17H,1-2H3. The molecule has 0 radical (unpaired) electrons. The molecule has 0 amide bonds. The number of methoxy groups -OCH3 is 2. The lowest BCUT2D eigenvalue weighted by molar-refractivity contribution is 0.0601. The van der Waals surface area contributed by atoms with Crippen LogP contribution in [0.5, 0.6) is 11.5 Å². The number of hydrogen-bond acceptors (Lipinski definition) is 5. The zero-order valence-corrected chi connectivity index (χ0v) is 11.2. The van der Waals surface area contributed by atoms with Crippen molar-refractivity contribution in [2.45, 2.75) is 0 Å². The number of phenols is 1. The van der Waals surface area contributed by atoms with Gasteiger partial charge in [0.15, 0.2) is 0 Å². The maximum absolute atomic E-state index is 11.5. The van der Waals surface area contributed by atoms with Crippen molar-refractivity contribution in [2.24, 2.45) is 0 Å². The lowest BCUT2D eigenvalue weighted by Crippen LogP contribution is -2.02. The summed E-state index contributed by atoms with van der Waals surface area (Å²) in [6.45, 7) is 0. The highest BCUT2D eigenvalue weighted by Gasteiger charge is 2.09. The molecule has 0 spiro atoms. The van der Waals surface area contributed by atoms with Gasteiger partial charge in [0, 0.05) is 5.69 Å². The van der Waals surface area contributed by atoms with E-state index in [4.69, 9.17) is 4.74 Å². The fourth-order valence-electron chi connectivity index (χ4n) is 1.71. The Bertz CT molecular complexity index is 608. The lowest BCUT2D eigenvalue weighted by atomic mass is 10.1. The number of esters is 1. The van der Waals surface area contributed by atoms with Crippen LogP contribution >= 0.6 is 0 Å². The third-order valence-corrected chi connectivity index (χ3v) is 2.79. The van der Waals surface area contributed by atoms with Crippen LogP contribution in [0.1, 0.15) is 10.4 Å². The second kappa shape index (κ2) is 5.97. The number of rotatable bonds is 4. The second-order valence-corrected chi connectivity index (χ2v) is 4.08. The van der Waals surface area contributed by atoms with E-state index in [1.807, 2.05) is 12.1 Å². The van der Waals surface area contributed by atoms with E-state index in [0.717, 1.165) is 11.4 Å². The predicted octanol–water partition coefficient (Wildman–Crippen LogP) is 2.93. The van der Waals surface area contributed by atoms with E-state index in [2.05, 4.69) is 10.1 Å². The fraction of sp³-hybridized carbons (Fsp3) is 0.133. The van der Waals surface area contributed by atoms with Crippen molar-refractivity contribution in [1.82, 2.24) is 0 Å². The highest BCUT2D eigenvalue weighted by atomic mass is 16.5. The molecule has 0 aromatic heterocycles. The third kappa shape index (κ3) is 3.00. The summed E-state index contributed by atoms with van der Waals surface area (Å²) in [4.78, 5) is 11.5. The molecule has 5 heteroatoms. The molecular formula is C15H15NO4. The number of benzene rings is 2. The first-order valence-electron chi connectivity index (χ1n) is 5.96. The van der Waals surface area contributed by atoms with Gasteiger partial charge in [-0.25, -0.2) is 4.79 Å². The maximum Gasteiger partial charge on any atom is 0.337 e. The van der Waals surface area contributed by atoms with Gasteiger partial charge in [-0.2, -0.15) is 0 Å². The Kier molecular flexibility index (Phi) is 4.10. The van der Waals surface area contributed by atoms with Crippen molar-refractivity contribution in [3.8, 4) is 11.5 Å². The Morgan fingerprint density at radius 2 is 1.80 bits per heavy atom. The zero-order valence-electron chi connectivity index (χ0n) is 11.2.